The van der Waals surface area contributed by atoms with Crippen LogP contribution >= 0.6 is 23.4 Å². The third-order valence-corrected chi connectivity index (χ3v) is 7.26. The predicted octanol–water partition coefficient (Wildman–Crippen LogP) is 2.18. The number of carbonyl (C=O) groups excluding carboxylic acids is 1. The zero-order chi connectivity index (χ0) is 18.7. The number of rotatable bonds is 6. The lowest BCUT2D eigenvalue weighted by atomic mass is 10.1. The highest BCUT2D eigenvalue weighted by atomic mass is 35.5. The molecule has 10 heteroatoms. The van der Waals surface area contributed by atoms with E-state index in [2.05, 4.69) is 15.5 Å². The molecule has 1 N–H and O–H groups in total. The molecule has 0 aliphatic carbocycles. The number of thioether (sulfide) groups is 1. The van der Waals surface area contributed by atoms with Crippen molar-refractivity contribution in [3.63, 3.8) is 0 Å². The van der Waals surface area contributed by atoms with Crippen LogP contribution in [0.25, 0.3) is 0 Å². The summed E-state index contributed by atoms with van der Waals surface area (Å²) in [6, 6.07) is 6.95. The van der Waals surface area contributed by atoms with E-state index >= 15 is 0 Å². The summed E-state index contributed by atoms with van der Waals surface area (Å²) in [5, 5.41) is 12.2. The molecule has 2 heterocycles. The van der Waals surface area contributed by atoms with Gasteiger partial charge in [-0.05, 0) is 30.5 Å². The fourth-order valence-electron chi connectivity index (χ4n) is 2.83. The van der Waals surface area contributed by atoms with Crippen LogP contribution in [0, 0.1) is 5.92 Å². The zero-order valence-corrected chi connectivity index (χ0v) is 16.6. The number of carbonyl (C=O) groups is 1. The first-order valence-electron chi connectivity index (χ1n) is 8.09. The number of sulfone groups is 1. The van der Waals surface area contributed by atoms with E-state index in [1.165, 1.54) is 11.8 Å². The Labute approximate surface area is 161 Å². The Bertz CT molecular complexity index is 914. The van der Waals surface area contributed by atoms with Crippen molar-refractivity contribution in [2.45, 2.75) is 18.0 Å². The lowest BCUT2D eigenvalue weighted by Gasteiger charge is -2.08. The van der Waals surface area contributed by atoms with Gasteiger partial charge in [0.15, 0.2) is 15.0 Å². The Morgan fingerprint density at radius 1 is 1.42 bits per heavy atom. The van der Waals surface area contributed by atoms with E-state index in [1.54, 1.807) is 24.3 Å². The number of benzene rings is 1. The lowest BCUT2D eigenvalue weighted by molar-refractivity contribution is -0.113. The fraction of sp³-hybridized carbons (Fsp3) is 0.438. The van der Waals surface area contributed by atoms with E-state index in [0.717, 1.165) is 5.82 Å². The van der Waals surface area contributed by atoms with Crippen molar-refractivity contribution in [1.29, 1.82) is 0 Å². The minimum atomic E-state index is -2.90. The van der Waals surface area contributed by atoms with Gasteiger partial charge in [-0.2, -0.15) is 0 Å². The normalized spacial score (nSPS) is 18.8. The first-order valence-corrected chi connectivity index (χ1v) is 11.3. The van der Waals surface area contributed by atoms with Crippen molar-refractivity contribution >= 4 is 44.8 Å². The molecule has 0 saturated carbocycles. The molecular weight excluding hydrogens is 396 g/mol. The standard InChI is InChI=1S/C16H19ClN4O3S2/c1-21-14(7-11-5-6-26(23,24)10-11)19-20-16(21)25-9-15(22)18-13-4-2-3-12(17)8-13/h2-4,8,11H,5-7,9-10H2,1H3,(H,18,22). The number of anilines is 1. The Kier molecular flexibility index (Phi) is 5.89. The number of hydrogen-bond acceptors (Lipinski definition) is 6. The Balaban J connectivity index is 1.54. The lowest BCUT2D eigenvalue weighted by Crippen LogP contribution is -2.14. The van der Waals surface area contributed by atoms with Gasteiger partial charge < -0.3 is 9.88 Å². The second kappa shape index (κ2) is 7.98. The Morgan fingerprint density at radius 3 is 2.92 bits per heavy atom. The molecule has 1 fully saturated rings. The maximum Gasteiger partial charge on any atom is 0.234 e. The van der Waals surface area contributed by atoms with Gasteiger partial charge in [0.2, 0.25) is 5.91 Å². The number of aromatic nitrogens is 3. The maximum absolute atomic E-state index is 12.1. The molecule has 1 aromatic heterocycles. The summed E-state index contributed by atoms with van der Waals surface area (Å²) in [7, 11) is -1.07. The maximum atomic E-state index is 12.1. The second-order valence-corrected chi connectivity index (χ2v) is 9.89. The molecule has 2 aromatic rings. The SMILES string of the molecule is Cn1c(CC2CCS(=O)(=O)C2)nnc1SCC(=O)Nc1cccc(Cl)c1. The molecular formula is C16H19ClN4O3S2. The van der Waals surface area contributed by atoms with Crippen LogP contribution in [0.1, 0.15) is 12.2 Å². The van der Waals surface area contributed by atoms with Gasteiger partial charge in [-0.1, -0.05) is 29.4 Å². The number of amides is 1. The first kappa shape index (κ1) is 19.2. The summed E-state index contributed by atoms with van der Waals surface area (Å²) in [5.41, 5.74) is 0.643. The first-order chi connectivity index (χ1) is 12.3. The molecule has 1 unspecified atom stereocenters. The van der Waals surface area contributed by atoms with Gasteiger partial charge in [-0.25, -0.2) is 8.42 Å². The van der Waals surface area contributed by atoms with Crippen molar-refractivity contribution in [2.24, 2.45) is 13.0 Å². The van der Waals surface area contributed by atoms with Crippen LogP contribution in [-0.2, 0) is 28.1 Å². The van der Waals surface area contributed by atoms with E-state index in [-0.39, 0.29) is 29.1 Å². The van der Waals surface area contributed by atoms with Gasteiger partial charge >= 0.3 is 0 Å². The number of halogens is 1. The number of nitrogens with one attached hydrogen (secondary N) is 1. The Morgan fingerprint density at radius 2 is 2.23 bits per heavy atom. The highest BCUT2D eigenvalue weighted by Gasteiger charge is 2.29. The number of hydrogen-bond donors (Lipinski definition) is 1. The quantitative estimate of drug-likeness (QED) is 0.728. The molecule has 26 heavy (non-hydrogen) atoms. The van der Waals surface area contributed by atoms with Crippen molar-refractivity contribution in [1.82, 2.24) is 14.8 Å². The molecule has 1 amide bonds. The second-order valence-electron chi connectivity index (χ2n) is 6.28. The summed E-state index contributed by atoms with van der Waals surface area (Å²) < 4.78 is 25.0. The monoisotopic (exact) mass is 414 g/mol. The van der Waals surface area contributed by atoms with Crippen LogP contribution in [0.4, 0.5) is 5.69 Å². The molecule has 7 nitrogen and oxygen atoms in total. The summed E-state index contributed by atoms with van der Waals surface area (Å²) in [5.74, 6) is 1.32. The van der Waals surface area contributed by atoms with Gasteiger partial charge in [0, 0.05) is 24.2 Å². The van der Waals surface area contributed by atoms with E-state index in [4.69, 9.17) is 11.6 Å². The van der Waals surface area contributed by atoms with Crippen LogP contribution in [0.5, 0.6) is 0 Å². The summed E-state index contributed by atoms with van der Waals surface area (Å²) in [6.07, 6.45) is 1.25. The van der Waals surface area contributed by atoms with Crippen molar-refractivity contribution in [3.05, 3.63) is 35.1 Å². The third-order valence-electron chi connectivity index (χ3n) is 4.16. The molecule has 0 spiro atoms. The molecule has 1 aromatic carbocycles. The summed E-state index contributed by atoms with van der Waals surface area (Å²) in [6.45, 7) is 0. The van der Waals surface area contributed by atoms with Crippen molar-refractivity contribution in [2.75, 3.05) is 22.6 Å². The molecule has 3 rings (SSSR count). The van der Waals surface area contributed by atoms with Crippen LogP contribution < -0.4 is 5.32 Å². The van der Waals surface area contributed by atoms with E-state index < -0.39 is 9.84 Å². The average Bonchev–Trinajstić information content (AvgIpc) is 3.08. The third kappa shape index (κ3) is 4.99. The molecule has 140 valence electrons. The van der Waals surface area contributed by atoms with Crippen molar-refractivity contribution < 1.29 is 13.2 Å². The van der Waals surface area contributed by atoms with Crippen LogP contribution in [0.3, 0.4) is 0 Å². The van der Waals surface area contributed by atoms with Gasteiger partial charge in [0.25, 0.3) is 0 Å². The number of nitrogens with zero attached hydrogens (tertiary/aromatic N) is 3. The van der Waals surface area contributed by atoms with Crippen LogP contribution in [0.15, 0.2) is 29.4 Å². The van der Waals surface area contributed by atoms with Gasteiger partial charge in [0.05, 0.1) is 17.3 Å². The van der Waals surface area contributed by atoms with Crippen LogP contribution in [-0.4, -0.2) is 46.3 Å². The van der Waals surface area contributed by atoms with Gasteiger partial charge in [-0.15, -0.1) is 10.2 Å². The van der Waals surface area contributed by atoms with E-state index in [9.17, 15) is 13.2 Å². The van der Waals surface area contributed by atoms with E-state index in [0.29, 0.717) is 28.7 Å². The average molecular weight is 415 g/mol. The minimum Gasteiger partial charge on any atom is -0.325 e. The topological polar surface area (TPSA) is 93.9 Å². The highest BCUT2D eigenvalue weighted by molar-refractivity contribution is 7.99. The molecule has 1 aliphatic heterocycles. The molecule has 0 bridgehead atoms. The summed E-state index contributed by atoms with van der Waals surface area (Å²) in [4.78, 5) is 12.1. The molecule has 1 saturated heterocycles. The molecule has 0 radical (unpaired) electrons. The predicted molar refractivity (Wildman–Crippen MR) is 102 cm³/mol. The molecule has 1 atom stereocenters. The highest BCUT2D eigenvalue weighted by Crippen LogP contribution is 2.24. The van der Waals surface area contributed by atoms with Crippen LogP contribution in [0.2, 0.25) is 5.02 Å². The summed E-state index contributed by atoms with van der Waals surface area (Å²) >= 11 is 7.18. The fourth-order valence-corrected chi connectivity index (χ4v) is 5.62. The van der Waals surface area contributed by atoms with Gasteiger partial charge in [0.1, 0.15) is 5.82 Å². The minimum absolute atomic E-state index is 0.0897. The van der Waals surface area contributed by atoms with Gasteiger partial charge in [-0.3, -0.25) is 4.79 Å². The van der Waals surface area contributed by atoms with E-state index in [1.807, 2.05) is 11.6 Å². The Hall–Kier alpha value is -1.58. The largest absolute Gasteiger partial charge is 0.325 e. The van der Waals surface area contributed by atoms with Crippen molar-refractivity contribution in [3.8, 4) is 0 Å². The molecule has 1 aliphatic rings. The zero-order valence-electron chi connectivity index (χ0n) is 14.2. The smallest absolute Gasteiger partial charge is 0.234 e.